The molecule has 2 aliphatic heterocycles. The molecule has 43 heavy (non-hydrogen) atoms. The number of primary amides is 1. The zero-order chi connectivity index (χ0) is 30.6. The third-order valence-corrected chi connectivity index (χ3v) is 8.67. The Labute approximate surface area is 256 Å². The molecule has 0 aliphatic carbocycles. The van der Waals surface area contributed by atoms with Crippen molar-refractivity contribution in [2.24, 2.45) is 11.7 Å². The summed E-state index contributed by atoms with van der Waals surface area (Å²) in [4.78, 5) is 42.0. The summed E-state index contributed by atoms with van der Waals surface area (Å²) in [6.45, 7) is 6.06. The number of rotatable bonds is 13. The fourth-order valence-electron chi connectivity index (χ4n) is 5.88. The number of carbonyl (C=O) groups is 3. The quantitative estimate of drug-likeness (QED) is 0.246. The molecule has 2 aromatic carbocycles. The molecule has 0 bridgehead atoms. The summed E-state index contributed by atoms with van der Waals surface area (Å²) in [5.41, 5.74) is 8.16. The average molecular weight is 591 g/mol. The minimum atomic E-state index is -0.703. The van der Waals surface area contributed by atoms with Gasteiger partial charge in [0.05, 0.1) is 5.69 Å². The number of nitrogens with two attached hydrogens (primary N) is 1. The number of piperidine rings is 2. The summed E-state index contributed by atoms with van der Waals surface area (Å²) < 4.78 is 5.93. The van der Waals surface area contributed by atoms with E-state index in [0.717, 1.165) is 87.8 Å². The molecule has 0 saturated carbocycles. The number of hydrogen-bond acceptors (Lipinski definition) is 6. The molecule has 9 nitrogen and oxygen atoms in total. The van der Waals surface area contributed by atoms with Crippen LogP contribution in [0.5, 0.6) is 0 Å². The van der Waals surface area contributed by atoms with Gasteiger partial charge in [-0.2, -0.15) is 0 Å². The minimum Gasteiger partial charge on any atom is -0.424 e. The maximum Gasteiger partial charge on any atom is 0.431 e. The minimum absolute atomic E-state index is 0.0255. The summed E-state index contributed by atoms with van der Waals surface area (Å²) in [7, 11) is 1.70. The molecule has 1 unspecified atom stereocenters. The van der Waals surface area contributed by atoms with Gasteiger partial charge in [0.2, 0.25) is 11.8 Å². The SMILES string of the molecule is CC(OC(=O)N(c1ccccc1-c1ccccc1)N1CC[CH]CC1)N(C)C(=O)CCCCCCN1CCC(C(N)=O)CC1. The smallest absolute Gasteiger partial charge is 0.424 e. The number of para-hydroxylation sites is 1. The number of carbonyl (C=O) groups excluding carboxylic acids is 3. The fourth-order valence-corrected chi connectivity index (χ4v) is 5.88. The monoisotopic (exact) mass is 590 g/mol. The number of ether oxygens (including phenoxy) is 1. The van der Waals surface area contributed by atoms with Gasteiger partial charge in [-0.1, -0.05) is 61.4 Å². The molecular weight excluding hydrogens is 542 g/mol. The van der Waals surface area contributed by atoms with Crippen molar-refractivity contribution >= 4 is 23.6 Å². The lowest BCUT2D eigenvalue weighted by Crippen LogP contribution is -2.51. The molecule has 2 fully saturated rings. The van der Waals surface area contributed by atoms with Gasteiger partial charge in [0.25, 0.3) is 0 Å². The number of nitrogens with zero attached hydrogens (tertiary/aromatic N) is 4. The number of anilines is 1. The summed E-state index contributed by atoms with van der Waals surface area (Å²) in [5, 5.41) is 3.69. The molecule has 2 saturated heterocycles. The Kier molecular flexibility index (Phi) is 12.4. The van der Waals surface area contributed by atoms with Crippen LogP contribution >= 0.6 is 0 Å². The fraction of sp³-hybridized carbons (Fsp3) is 0.529. The predicted molar refractivity (Wildman–Crippen MR) is 170 cm³/mol. The second-order valence-corrected chi connectivity index (χ2v) is 11.7. The highest BCUT2D eigenvalue weighted by atomic mass is 16.6. The Bertz CT molecular complexity index is 1180. The first-order valence-electron chi connectivity index (χ1n) is 15.8. The second-order valence-electron chi connectivity index (χ2n) is 11.7. The van der Waals surface area contributed by atoms with Crippen LogP contribution in [0.1, 0.15) is 64.7 Å². The largest absolute Gasteiger partial charge is 0.431 e. The number of hydrazine groups is 1. The lowest BCUT2D eigenvalue weighted by atomic mass is 9.96. The van der Waals surface area contributed by atoms with E-state index in [9.17, 15) is 14.4 Å². The number of benzene rings is 2. The first kappa shape index (κ1) is 32.5. The summed E-state index contributed by atoms with van der Waals surface area (Å²) in [6, 6.07) is 17.9. The van der Waals surface area contributed by atoms with Crippen LogP contribution in [0.25, 0.3) is 11.1 Å². The van der Waals surface area contributed by atoms with Gasteiger partial charge in [0.1, 0.15) is 0 Å². The van der Waals surface area contributed by atoms with Crippen molar-refractivity contribution in [2.45, 2.75) is 70.9 Å². The zero-order valence-corrected chi connectivity index (χ0v) is 25.8. The van der Waals surface area contributed by atoms with Crippen LogP contribution in [-0.2, 0) is 14.3 Å². The first-order chi connectivity index (χ1) is 20.8. The van der Waals surface area contributed by atoms with E-state index in [-0.39, 0.29) is 17.7 Å². The van der Waals surface area contributed by atoms with E-state index in [1.165, 1.54) is 4.90 Å². The van der Waals surface area contributed by atoms with E-state index in [2.05, 4.69) is 11.3 Å². The van der Waals surface area contributed by atoms with Gasteiger partial charge in [-0.05, 0) is 83.1 Å². The Morgan fingerprint density at radius 3 is 2.26 bits per heavy atom. The molecule has 4 rings (SSSR count). The van der Waals surface area contributed by atoms with Crippen LogP contribution in [0, 0.1) is 12.3 Å². The summed E-state index contributed by atoms with van der Waals surface area (Å²) in [5.74, 6) is -0.181. The first-order valence-corrected chi connectivity index (χ1v) is 15.8. The Morgan fingerprint density at radius 1 is 0.907 bits per heavy atom. The van der Waals surface area contributed by atoms with Crippen molar-refractivity contribution in [1.82, 2.24) is 14.8 Å². The molecule has 2 heterocycles. The van der Waals surface area contributed by atoms with Crippen molar-refractivity contribution in [2.75, 3.05) is 44.8 Å². The van der Waals surface area contributed by atoms with E-state index < -0.39 is 12.3 Å². The molecule has 3 amide bonds. The van der Waals surface area contributed by atoms with E-state index >= 15 is 0 Å². The van der Waals surface area contributed by atoms with Gasteiger partial charge in [0.15, 0.2) is 6.23 Å². The number of likely N-dealkylation sites (tertiary alicyclic amines) is 1. The maximum atomic E-state index is 13.8. The molecule has 2 aromatic rings. The van der Waals surface area contributed by atoms with Crippen LogP contribution < -0.4 is 10.7 Å². The number of unbranched alkanes of at least 4 members (excludes halogenated alkanes) is 3. The number of amides is 3. The highest BCUT2D eigenvalue weighted by Crippen LogP contribution is 2.33. The standard InChI is InChI=1S/C34H48N5O4/c1-27(36(2)32(40)19-9-3-4-12-22-37-25-20-29(21-26-37)33(35)41)43-34(42)39(38-23-13-6-14-24-38)31-18-11-10-17-30(31)28-15-7-5-8-16-28/h5-8,10-11,15-18,27,29H,3-4,9,12-14,19-26H2,1-2H3,(H2,35,41). The molecule has 233 valence electrons. The Hall–Kier alpha value is -3.43. The van der Waals surface area contributed by atoms with Crippen molar-refractivity contribution in [1.29, 1.82) is 0 Å². The molecule has 9 heteroatoms. The highest BCUT2D eigenvalue weighted by Gasteiger charge is 2.31. The molecule has 2 aliphatic rings. The molecule has 2 N–H and O–H groups in total. The van der Waals surface area contributed by atoms with Crippen LogP contribution in [0.4, 0.5) is 10.5 Å². The molecule has 0 spiro atoms. The van der Waals surface area contributed by atoms with Crippen LogP contribution in [0.2, 0.25) is 0 Å². The lowest BCUT2D eigenvalue weighted by Gasteiger charge is -2.38. The van der Waals surface area contributed by atoms with Gasteiger partial charge in [-0.3, -0.25) is 9.59 Å². The van der Waals surface area contributed by atoms with Crippen molar-refractivity contribution in [3.8, 4) is 11.1 Å². The predicted octanol–water partition coefficient (Wildman–Crippen LogP) is 5.46. The van der Waals surface area contributed by atoms with E-state index in [1.807, 2.05) is 59.6 Å². The van der Waals surface area contributed by atoms with Crippen molar-refractivity contribution in [3.63, 3.8) is 0 Å². The lowest BCUT2D eigenvalue weighted by molar-refractivity contribution is -0.138. The van der Waals surface area contributed by atoms with Gasteiger partial charge >= 0.3 is 6.09 Å². The topological polar surface area (TPSA) is 99.4 Å². The third-order valence-electron chi connectivity index (χ3n) is 8.67. The van der Waals surface area contributed by atoms with Gasteiger partial charge in [0, 0.05) is 38.0 Å². The van der Waals surface area contributed by atoms with Gasteiger partial charge in [-0.15, -0.1) is 0 Å². The number of hydrogen-bond donors (Lipinski definition) is 1. The molecule has 0 aromatic heterocycles. The average Bonchev–Trinajstić information content (AvgIpc) is 3.03. The van der Waals surface area contributed by atoms with Crippen LogP contribution in [-0.4, -0.2) is 78.7 Å². The summed E-state index contributed by atoms with van der Waals surface area (Å²) in [6.07, 6.45) is 8.86. The second kappa shape index (κ2) is 16.4. The zero-order valence-electron chi connectivity index (χ0n) is 25.8. The van der Waals surface area contributed by atoms with Gasteiger partial charge < -0.3 is 20.3 Å². The maximum absolute atomic E-state index is 13.8. The highest BCUT2D eigenvalue weighted by molar-refractivity contribution is 5.93. The third kappa shape index (κ3) is 9.28. The van der Waals surface area contributed by atoms with E-state index in [1.54, 1.807) is 19.0 Å². The van der Waals surface area contributed by atoms with Crippen molar-refractivity contribution < 1.29 is 19.1 Å². The molecule has 1 radical (unpaired) electrons. The van der Waals surface area contributed by atoms with Crippen molar-refractivity contribution in [3.05, 3.63) is 61.0 Å². The normalized spacial score (nSPS) is 17.3. The Balaban J connectivity index is 1.27. The van der Waals surface area contributed by atoms with E-state index in [4.69, 9.17) is 10.5 Å². The summed E-state index contributed by atoms with van der Waals surface area (Å²) >= 11 is 0. The molecular formula is C34H48N5O4. The van der Waals surface area contributed by atoms with Crippen LogP contribution in [0.15, 0.2) is 54.6 Å². The van der Waals surface area contributed by atoms with E-state index in [0.29, 0.717) is 19.5 Å². The molecule has 1 atom stereocenters. The van der Waals surface area contributed by atoms with Crippen LogP contribution in [0.3, 0.4) is 0 Å². The van der Waals surface area contributed by atoms with Gasteiger partial charge in [-0.25, -0.2) is 14.8 Å². The Morgan fingerprint density at radius 2 is 1.56 bits per heavy atom.